The van der Waals surface area contributed by atoms with Crippen molar-refractivity contribution in [3.8, 4) is 0 Å². The van der Waals surface area contributed by atoms with Crippen LogP contribution in [-0.4, -0.2) is 57.0 Å². The van der Waals surface area contributed by atoms with Gasteiger partial charge in [0.1, 0.15) is 6.04 Å². The highest BCUT2D eigenvalue weighted by molar-refractivity contribution is 7.89. The molecule has 2 fully saturated rings. The minimum atomic E-state index is -3.51. The zero-order valence-corrected chi connectivity index (χ0v) is 16.4. The van der Waals surface area contributed by atoms with Crippen molar-refractivity contribution >= 4 is 34.0 Å². The van der Waals surface area contributed by atoms with Crippen molar-refractivity contribution in [3.05, 3.63) is 24.3 Å². The Morgan fingerprint density at radius 3 is 2.69 bits per heavy atom. The lowest BCUT2D eigenvalue weighted by molar-refractivity contribution is -0.123. The summed E-state index contributed by atoms with van der Waals surface area (Å²) >= 11 is 0. The highest BCUT2D eigenvalue weighted by Crippen LogP contribution is 2.23. The van der Waals surface area contributed by atoms with Crippen molar-refractivity contribution in [1.82, 2.24) is 9.62 Å². The van der Waals surface area contributed by atoms with E-state index >= 15 is 0 Å². The molecule has 0 spiro atoms. The molecule has 0 saturated carbocycles. The lowest BCUT2D eigenvalue weighted by atomic mass is 10.1. The largest absolute Gasteiger partial charge is 0.375 e. The van der Waals surface area contributed by atoms with Crippen LogP contribution in [0.5, 0.6) is 0 Å². The van der Waals surface area contributed by atoms with Gasteiger partial charge < -0.3 is 15.4 Å². The number of benzene rings is 1. The van der Waals surface area contributed by atoms with Gasteiger partial charge in [0.05, 0.1) is 17.6 Å². The third-order valence-corrected chi connectivity index (χ3v) is 6.55. The molecule has 2 heterocycles. The first-order chi connectivity index (χ1) is 12.0. The van der Waals surface area contributed by atoms with Crippen molar-refractivity contribution < 1.29 is 17.9 Å². The normalized spacial score (nSPS) is 24.5. The van der Waals surface area contributed by atoms with E-state index in [0.717, 1.165) is 19.3 Å². The van der Waals surface area contributed by atoms with Gasteiger partial charge in [-0.25, -0.2) is 8.42 Å². The van der Waals surface area contributed by atoms with Gasteiger partial charge in [0.25, 0.3) is 0 Å². The second kappa shape index (κ2) is 9.14. The van der Waals surface area contributed by atoms with E-state index in [9.17, 15) is 13.2 Å². The summed E-state index contributed by atoms with van der Waals surface area (Å²) < 4.78 is 32.5. The molecular weight excluding hydrogens is 378 g/mol. The number of nitrogens with zero attached hydrogens (tertiary/aromatic N) is 1. The van der Waals surface area contributed by atoms with Crippen molar-refractivity contribution in [2.45, 2.75) is 43.2 Å². The maximum atomic E-state index is 12.8. The van der Waals surface area contributed by atoms with E-state index < -0.39 is 16.1 Å². The Morgan fingerprint density at radius 2 is 2.00 bits per heavy atom. The first-order valence-electron chi connectivity index (χ1n) is 8.74. The van der Waals surface area contributed by atoms with E-state index in [1.54, 1.807) is 18.2 Å². The van der Waals surface area contributed by atoms with Crippen LogP contribution in [0.4, 0.5) is 5.69 Å². The molecule has 0 unspecified atom stereocenters. The Bertz CT molecular complexity index is 722. The summed E-state index contributed by atoms with van der Waals surface area (Å²) in [7, 11) is -3.51. The number of hydrogen-bond donors (Lipinski definition) is 2. The summed E-state index contributed by atoms with van der Waals surface area (Å²) in [6.07, 6.45) is 2.62. The zero-order chi connectivity index (χ0) is 17.9. The number of morpholine rings is 1. The molecule has 2 atom stereocenters. The summed E-state index contributed by atoms with van der Waals surface area (Å²) in [4.78, 5) is 12.6. The molecule has 1 aromatic rings. The van der Waals surface area contributed by atoms with Gasteiger partial charge in [0.2, 0.25) is 15.9 Å². The summed E-state index contributed by atoms with van der Waals surface area (Å²) in [6.45, 7) is 4.15. The van der Waals surface area contributed by atoms with E-state index in [2.05, 4.69) is 10.6 Å². The number of amides is 1. The monoisotopic (exact) mass is 403 g/mol. The smallest absolute Gasteiger partial charge is 0.244 e. The maximum absolute atomic E-state index is 12.8. The average Bonchev–Trinajstić information content (AvgIpc) is 2.63. The van der Waals surface area contributed by atoms with Gasteiger partial charge in [0.15, 0.2) is 0 Å². The number of halogens is 1. The van der Waals surface area contributed by atoms with Crippen LogP contribution in [0, 0.1) is 0 Å². The zero-order valence-electron chi connectivity index (χ0n) is 14.8. The lowest BCUT2D eigenvalue weighted by Gasteiger charge is -2.29. The summed E-state index contributed by atoms with van der Waals surface area (Å²) in [5, 5.41) is 5.91. The van der Waals surface area contributed by atoms with Gasteiger partial charge in [-0.05, 0) is 38.0 Å². The molecule has 2 N–H and O–H groups in total. The second-order valence-electron chi connectivity index (χ2n) is 6.49. The van der Waals surface area contributed by atoms with E-state index in [1.807, 2.05) is 6.92 Å². The van der Waals surface area contributed by atoms with Gasteiger partial charge >= 0.3 is 0 Å². The molecule has 2 aliphatic rings. The molecule has 1 amide bonds. The number of carbonyl (C=O) groups excluding carboxylic acids is 1. The molecule has 2 aliphatic heterocycles. The summed E-state index contributed by atoms with van der Waals surface area (Å²) in [6, 6.07) is 6.00. The first-order valence-corrected chi connectivity index (χ1v) is 10.2. The number of hydrogen-bond acceptors (Lipinski definition) is 5. The van der Waals surface area contributed by atoms with E-state index in [0.29, 0.717) is 31.9 Å². The van der Waals surface area contributed by atoms with Crippen LogP contribution in [0.25, 0.3) is 0 Å². The van der Waals surface area contributed by atoms with Gasteiger partial charge in [-0.1, -0.05) is 12.5 Å². The van der Waals surface area contributed by atoms with E-state index in [-0.39, 0.29) is 29.3 Å². The number of nitrogens with one attached hydrogen (secondary N) is 2. The van der Waals surface area contributed by atoms with Crippen molar-refractivity contribution in [3.63, 3.8) is 0 Å². The van der Waals surface area contributed by atoms with Crippen LogP contribution in [-0.2, 0) is 19.6 Å². The number of rotatable bonds is 4. The predicted octanol–water partition coefficient (Wildman–Crippen LogP) is 1.60. The maximum Gasteiger partial charge on any atom is 0.244 e. The molecule has 1 aromatic carbocycles. The predicted molar refractivity (Wildman–Crippen MR) is 102 cm³/mol. The third kappa shape index (κ3) is 4.75. The first kappa shape index (κ1) is 21.1. The van der Waals surface area contributed by atoms with Crippen LogP contribution >= 0.6 is 12.4 Å². The third-order valence-electron chi connectivity index (χ3n) is 4.65. The molecule has 0 aromatic heterocycles. The van der Waals surface area contributed by atoms with Gasteiger partial charge in [-0.2, -0.15) is 4.31 Å². The molecule has 2 saturated heterocycles. The fourth-order valence-electron chi connectivity index (χ4n) is 3.24. The molecule has 0 bridgehead atoms. The van der Waals surface area contributed by atoms with E-state index in [1.165, 1.54) is 10.4 Å². The number of ether oxygens (including phenoxy) is 1. The van der Waals surface area contributed by atoms with Crippen LogP contribution in [0.2, 0.25) is 0 Å². The van der Waals surface area contributed by atoms with Gasteiger partial charge in [-0.15, -0.1) is 12.4 Å². The fraction of sp³-hybridized carbons (Fsp3) is 0.588. The van der Waals surface area contributed by atoms with Crippen molar-refractivity contribution in [1.29, 1.82) is 0 Å². The Morgan fingerprint density at radius 1 is 1.27 bits per heavy atom. The summed E-state index contributed by atoms with van der Waals surface area (Å²) in [5.74, 6) is -0.222. The van der Waals surface area contributed by atoms with Gasteiger partial charge in [-0.3, -0.25) is 4.79 Å². The highest BCUT2D eigenvalue weighted by Gasteiger charge is 2.29. The Hall–Kier alpha value is -1.19. The minimum Gasteiger partial charge on any atom is -0.375 e. The lowest BCUT2D eigenvalue weighted by Crippen LogP contribution is -2.53. The molecule has 0 aliphatic carbocycles. The molecule has 7 nitrogen and oxygen atoms in total. The quantitative estimate of drug-likeness (QED) is 0.797. The Balaban J connectivity index is 0.00000243. The number of piperidine rings is 1. The second-order valence-corrected chi connectivity index (χ2v) is 8.43. The number of sulfonamides is 1. The van der Waals surface area contributed by atoms with Crippen LogP contribution < -0.4 is 10.6 Å². The SMILES string of the molecule is C[C@H]1OCCN[C@@H]1C(=O)Nc1cccc(S(=O)(=O)N2CCCCC2)c1.Cl. The van der Waals surface area contributed by atoms with Crippen LogP contribution in [0.1, 0.15) is 26.2 Å². The van der Waals surface area contributed by atoms with Crippen LogP contribution in [0.15, 0.2) is 29.2 Å². The Labute approximate surface area is 160 Å². The Kier molecular flexibility index (Phi) is 7.42. The van der Waals surface area contributed by atoms with Gasteiger partial charge in [0, 0.05) is 25.3 Å². The fourth-order valence-corrected chi connectivity index (χ4v) is 4.80. The number of carbonyl (C=O) groups is 1. The standard InChI is InChI=1S/C17H25N3O4S.ClH/c1-13-16(18-8-11-24-13)17(21)19-14-6-5-7-15(12-14)25(22,23)20-9-3-2-4-10-20;/h5-7,12-13,16,18H,2-4,8-11H2,1H3,(H,19,21);1H/t13-,16+;/m1./s1. The highest BCUT2D eigenvalue weighted by atomic mass is 35.5. The summed E-state index contributed by atoms with van der Waals surface area (Å²) in [5.41, 5.74) is 0.475. The van der Waals surface area contributed by atoms with Crippen molar-refractivity contribution in [2.24, 2.45) is 0 Å². The molecule has 0 radical (unpaired) electrons. The van der Waals surface area contributed by atoms with E-state index in [4.69, 9.17) is 4.74 Å². The minimum absolute atomic E-state index is 0. The van der Waals surface area contributed by atoms with Crippen molar-refractivity contribution in [2.75, 3.05) is 31.6 Å². The van der Waals surface area contributed by atoms with Crippen LogP contribution in [0.3, 0.4) is 0 Å². The molecule has 9 heteroatoms. The molecule has 146 valence electrons. The average molecular weight is 404 g/mol. The molecule has 26 heavy (non-hydrogen) atoms. The topological polar surface area (TPSA) is 87.7 Å². The molecular formula is C17H26ClN3O4S. The molecule has 3 rings (SSSR count). The number of anilines is 1.